The fourth-order valence-electron chi connectivity index (χ4n) is 1.91. The van der Waals surface area contributed by atoms with Crippen LogP contribution in [-0.4, -0.2) is 64.1 Å². The molecule has 10 nitrogen and oxygen atoms in total. The van der Waals surface area contributed by atoms with Crippen LogP contribution >= 0.6 is 0 Å². The molecule has 0 saturated carbocycles. The van der Waals surface area contributed by atoms with Crippen LogP contribution < -0.4 is 0 Å². The van der Waals surface area contributed by atoms with Gasteiger partial charge in [-0.1, -0.05) is 0 Å². The van der Waals surface area contributed by atoms with Gasteiger partial charge in [-0.3, -0.25) is 9.11 Å². The monoisotopic (exact) mass is 336 g/mol. The molecule has 0 spiro atoms. The molecule has 0 aromatic heterocycles. The SMILES string of the molecule is COC1CC(COS(=O)(=O)O)O[C@H](C)C1OS(=O)(=O)O. The van der Waals surface area contributed by atoms with E-state index in [9.17, 15) is 16.8 Å². The van der Waals surface area contributed by atoms with Crippen LogP contribution in [0.2, 0.25) is 0 Å². The zero-order chi connectivity index (χ0) is 15.6. The lowest BCUT2D eigenvalue weighted by Gasteiger charge is -2.38. The minimum absolute atomic E-state index is 0.0521. The molecule has 1 saturated heterocycles. The van der Waals surface area contributed by atoms with Crippen molar-refractivity contribution in [3.63, 3.8) is 0 Å². The third kappa shape index (κ3) is 5.97. The Labute approximate surface area is 116 Å². The Kier molecular flexibility index (Phi) is 5.86. The zero-order valence-corrected chi connectivity index (χ0v) is 12.3. The van der Waals surface area contributed by atoms with Crippen LogP contribution in [-0.2, 0) is 38.6 Å². The van der Waals surface area contributed by atoms with Crippen LogP contribution in [0.5, 0.6) is 0 Å². The molecule has 1 aliphatic rings. The zero-order valence-electron chi connectivity index (χ0n) is 10.7. The summed E-state index contributed by atoms with van der Waals surface area (Å²) < 4.78 is 78.5. The second-order valence-electron chi connectivity index (χ2n) is 4.17. The van der Waals surface area contributed by atoms with Crippen molar-refractivity contribution in [3.05, 3.63) is 0 Å². The van der Waals surface area contributed by atoms with Gasteiger partial charge in [0.2, 0.25) is 0 Å². The lowest BCUT2D eigenvalue weighted by atomic mass is 9.99. The Hall–Kier alpha value is -0.340. The van der Waals surface area contributed by atoms with Gasteiger partial charge in [0.15, 0.2) is 0 Å². The van der Waals surface area contributed by atoms with Crippen LogP contribution in [0.1, 0.15) is 13.3 Å². The van der Waals surface area contributed by atoms with E-state index in [-0.39, 0.29) is 6.42 Å². The van der Waals surface area contributed by atoms with Gasteiger partial charge in [0.1, 0.15) is 6.10 Å². The van der Waals surface area contributed by atoms with Gasteiger partial charge in [0.05, 0.1) is 24.9 Å². The summed E-state index contributed by atoms with van der Waals surface area (Å²) >= 11 is 0. The molecule has 120 valence electrons. The van der Waals surface area contributed by atoms with Gasteiger partial charge in [-0.05, 0) is 6.92 Å². The van der Waals surface area contributed by atoms with Crippen LogP contribution in [0.4, 0.5) is 0 Å². The number of hydrogen-bond donors (Lipinski definition) is 2. The fourth-order valence-corrected chi connectivity index (χ4v) is 2.80. The van der Waals surface area contributed by atoms with E-state index >= 15 is 0 Å². The molecule has 1 rings (SSSR count). The van der Waals surface area contributed by atoms with E-state index in [1.165, 1.54) is 14.0 Å². The summed E-state index contributed by atoms with van der Waals surface area (Å²) in [7, 11) is -7.98. The molecule has 3 unspecified atom stereocenters. The molecule has 0 amide bonds. The number of rotatable bonds is 6. The Bertz CT molecular complexity index is 511. The molecule has 1 aliphatic heterocycles. The molecule has 0 aromatic carbocycles. The molecule has 0 radical (unpaired) electrons. The van der Waals surface area contributed by atoms with Gasteiger partial charge in [-0.15, -0.1) is 0 Å². The smallest absolute Gasteiger partial charge is 0.378 e. The van der Waals surface area contributed by atoms with E-state index in [2.05, 4.69) is 8.37 Å². The summed E-state index contributed by atoms with van der Waals surface area (Å²) in [5.41, 5.74) is 0. The van der Waals surface area contributed by atoms with E-state index in [0.717, 1.165) is 0 Å². The lowest BCUT2D eigenvalue weighted by molar-refractivity contribution is -0.168. The van der Waals surface area contributed by atoms with Crippen molar-refractivity contribution >= 4 is 20.8 Å². The van der Waals surface area contributed by atoms with E-state index < -0.39 is 51.8 Å². The second kappa shape index (κ2) is 6.62. The number of ether oxygens (including phenoxy) is 2. The van der Waals surface area contributed by atoms with Gasteiger partial charge in [-0.2, -0.15) is 16.8 Å². The Balaban J connectivity index is 2.70. The minimum atomic E-state index is -4.68. The van der Waals surface area contributed by atoms with Crippen LogP contribution in [0.25, 0.3) is 0 Å². The van der Waals surface area contributed by atoms with Gasteiger partial charge >= 0.3 is 20.8 Å². The summed E-state index contributed by atoms with van der Waals surface area (Å²) in [6, 6.07) is 0. The number of hydrogen-bond acceptors (Lipinski definition) is 8. The largest absolute Gasteiger partial charge is 0.397 e. The first kappa shape index (κ1) is 17.7. The summed E-state index contributed by atoms with van der Waals surface area (Å²) in [5, 5.41) is 0. The standard InChI is InChI=1S/C8H16O10S2/c1-5-8(18-20(12,13)14)7(15-2)3-6(17-5)4-16-19(9,10)11/h5-8H,3-4H2,1-2H3,(H,9,10,11)(H,12,13,14)/t5-,6?,7?,8?/m1/s1. The first-order valence-electron chi connectivity index (χ1n) is 5.47. The molecular weight excluding hydrogens is 320 g/mol. The maximum atomic E-state index is 10.7. The van der Waals surface area contributed by atoms with Gasteiger partial charge in [-0.25, -0.2) is 8.37 Å². The number of methoxy groups -OCH3 is 1. The van der Waals surface area contributed by atoms with E-state index in [0.29, 0.717) is 0 Å². The third-order valence-electron chi connectivity index (χ3n) is 2.67. The quantitative estimate of drug-likeness (QED) is 0.590. The molecule has 2 N–H and O–H groups in total. The van der Waals surface area contributed by atoms with Crippen molar-refractivity contribution in [1.29, 1.82) is 0 Å². The van der Waals surface area contributed by atoms with Crippen molar-refractivity contribution in [2.45, 2.75) is 37.8 Å². The normalized spacial score (nSPS) is 32.2. The first-order chi connectivity index (χ1) is 9.02. The first-order valence-corrected chi connectivity index (χ1v) is 8.20. The van der Waals surface area contributed by atoms with E-state index in [4.69, 9.17) is 18.6 Å². The minimum Gasteiger partial charge on any atom is -0.378 e. The molecule has 0 aliphatic carbocycles. The summed E-state index contributed by atoms with van der Waals surface area (Å²) in [6.07, 6.45) is -3.37. The maximum absolute atomic E-state index is 10.7. The van der Waals surface area contributed by atoms with Crippen molar-refractivity contribution < 1.29 is 43.8 Å². The second-order valence-corrected chi connectivity index (χ2v) is 6.31. The molecule has 0 aromatic rings. The van der Waals surface area contributed by atoms with E-state index in [1.807, 2.05) is 0 Å². The Morgan fingerprint density at radius 2 is 1.80 bits per heavy atom. The molecule has 1 fully saturated rings. The van der Waals surface area contributed by atoms with Crippen LogP contribution in [0.3, 0.4) is 0 Å². The molecular formula is C8H16O10S2. The molecule has 1 heterocycles. The average molecular weight is 336 g/mol. The predicted molar refractivity (Wildman–Crippen MR) is 63.7 cm³/mol. The highest BCUT2D eigenvalue weighted by molar-refractivity contribution is 7.81. The third-order valence-corrected chi connectivity index (χ3v) is 3.57. The fraction of sp³-hybridized carbons (Fsp3) is 1.00. The Morgan fingerprint density at radius 3 is 2.25 bits per heavy atom. The predicted octanol–water partition coefficient (Wildman–Crippen LogP) is -0.814. The van der Waals surface area contributed by atoms with Crippen molar-refractivity contribution in [1.82, 2.24) is 0 Å². The highest BCUT2D eigenvalue weighted by atomic mass is 32.3. The van der Waals surface area contributed by atoms with Gasteiger partial charge in [0.25, 0.3) is 0 Å². The Morgan fingerprint density at radius 1 is 1.20 bits per heavy atom. The maximum Gasteiger partial charge on any atom is 0.397 e. The average Bonchev–Trinajstić information content (AvgIpc) is 2.26. The highest BCUT2D eigenvalue weighted by Crippen LogP contribution is 2.26. The topological polar surface area (TPSA) is 146 Å². The molecule has 0 bridgehead atoms. The van der Waals surface area contributed by atoms with Crippen molar-refractivity contribution in [2.75, 3.05) is 13.7 Å². The van der Waals surface area contributed by atoms with Crippen molar-refractivity contribution in [3.8, 4) is 0 Å². The highest BCUT2D eigenvalue weighted by Gasteiger charge is 2.40. The molecule has 12 heteroatoms. The summed E-state index contributed by atoms with van der Waals surface area (Å²) in [6.45, 7) is 1.00. The lowest BCUT2D eigenvalue weighted by Crippen LogP contribution is -2.51. The summed E-state index contributed by atoms with van der Waals surface area (Å²) in [5.74, 6) is 0. The van der Waals surface area contributed by atoms with E-state index in [1.54, 1.807) is 0 Å². The summed E-state index contributed by atoms with van der Waals surface area (Å²) in [4.78, 5) is 0. The van der Waals surface area contributed by atoms with Crippen molar-refractivity contribution in [2.24, 2.45) is 0 Å². The van der Waals surface area contributed by atoms with Crippen LogP contribution in [0, 0.1) is 0 Å². The molecule has 20 heavy (non-hydrogen) atoms. The van der Waals surface area contributed by atoms with Gasteiger partial charge in [0, 0.05) is 13.5 Å². The van der Waals surface area contributed by atoms with Gasteiger partial charge < -0.3 is 9.47 Å². The van der Waals surface area contributed by atoms with Crippen LogP contribution in [0.15, 0.2) is 0 Å². The molecule has 4 atom stereocenters.